The fraction of sp³-hybridized carbons (Fsp3) is 0.414. The standard InChI is InChI=1S/C29H33N3O3S/c1-17-7-5-8-20(11-17)27-26(31-19(3)36-27)29(34)32-16-22-12-18(2)13-24(22)25(32)15-30-28(33)21-9-6-10-23(14-21)35-4/h5-11,14,18,22,24-25H,12-13,15-16H2,1-4H3,(H,30,33)/t18?,22?,24-,25+/m0/s1. The molecule has 0 spiro atoms. The van der Waals surface area contributed by atoms with Crippen molar-refractivity contribution in [3.8, 4) is 16.2 Å². The monoisotopic (exact) mass is 503 g/mol. The van der Waals surface area contributed by atoms with Crippen molar-refractivity contribution in [2.75, 3.05) is 20.2 Å². The molecule has 1 aliphatic heterocycles. The molecule has 36 heavy (non-hydrogen) atoms. The maximum atomic E-state index is 14.0. The Labute approximate surface area is 216 Å². The topological polar surface area (TPSA) is 71.5 Å². The normalized spacial score (nSPS) is 22.9. The fourth-order valence-corrected chi connectivity index (χ4v) is 6.90. The summed E-state index contributed by atoms with van der Waals surface area (Å²) in [5, 5.41) is 3.99. The molecule has 1 saturated carbocycles. The van der Waals surface area contributed by atoms with E-state index in [1.54, 1.807) is 30.6 Å². The lowest BCUT2D eigenvalue weighted by Crippen LogP contribution is -2.46. The second-order valence-electron chi connectivity index (χ2n) is 10.2. The summed E-state index contributed by atoms with van der Waals surface area (Å²) in [5.41, 5.74) is 3.26. The van der Waals surface area contributed by atoms with Crippen LogP contribution in [0.4, 0.5) is 0 Å². The smallest absolute Gasteiger partial charge is 0.274 e. The molecule has 2 aliphatic rings. The van der Waals surface area contributed by atoms with Crippen LogP contribution in [-0.4, -0.2) is 47.9 Å². The van der Waals surface area contributed by atoms with Crippen LogP contribution in [-0.2, 0) is 0 Å². The Morgan fingerprint density at radius 1 is 1.14 bits per heavy atom. The molecule has 4 atom stereocenters. The highest BCUT2D eigenvalue weighted by Gasteiger charge is 2.48. The summed E-state index contributed by atoms with van der Waals surface area (Å²) in [4.78, 5) is 34.6. The molecule has 1 aliphatic carbocycles. The van der Waals surface area contributed by atoms with Crippen LogP contribution in [0.25, 0.3) is 10.4 Å². The predicted octanol–water partition coefficient (Wildman–Crippen LogP) is 5.35. The number of fused-ring (bicyclic) bond motifs is 1. The number of aromatic nitrogens is 1. The number of methoxy groups -OCH3 is 1. The van der Waals surface area contributed by atoms with E-state index < -0.39 is 0 Å². The number of nitrogens with zero attached hydrogens (tertiary/aromatic N) is 2. The van der Waals surface area contributed by atoms with Crippen molar-refractivity contribution >= 4 is 23.2 Å². The summed E-state index contributed by atoms with van der Waals surface area (Å²) in [6.45, 7) is 7.45. The Morgan fingerprint density at radius 3 is 2.72 bits per heavy atom. The molecular weight excluding hydrogens is 470 g/mol. The number of hydrogen-bond acceptors (Lipinski definition) is 5. The second kappa shape index (κ2) is 10.1. The summed E-state index contributed by atoms with van der Waals surface area (Å²) >= 11 is 1.57. The zero-order valence-corrected chi connectivity index (χ0v) is 22.1. The first-order valence-electron chi connectivity index (χ1n) is 12.6. The zero-order valence-electron chi connectivity index (χ0n) is 21.3. The first-order chi connectivity index (χ1) is 17.3. The van der Waals surface area contributed by atoms with Gasteiger partial charge in [-0.1, -0.05) is 42.8 Å². The second-order valence-corrected chi connectivity index (χ2v) is 11.5. The molecule has 2 fully saturated rings. The molecule has 188 valence electrons. The third kappa shape index (κ3) is 4.76. The largest absolute Gasteiger partial charge is 0.497 e. The van der Waals surface area contributed by atoms with E-state index in [1.807, 2.05) is 36.1 Å². The van der Waals surface area contributed by atoms with Gasteiger partial charge in [0.15, 0.2) is 0 Å². The number of aryl methyl sites for hydroxylation is 2. The minimum atomic E-state index is -0.152. The molecule has 2 unspecified atom stereocenters. The number of amides is 2. The minimum absolute atomic E-state index is 0.0291. The Bertz CT molecular complexity index is 1290. The van der Waals surface area contributed by atoms with Gasteiger partial charge in [-0.15, -0.1) is 11.3 Å². The Balaban J connectivity index is 1.40. The Morgan fingerprint density at radius 2 is 1.94 bits per heavy atom. The van der Waals surface area contributed by atoms with Gasteiger partial charge in [0.05, 0.1) is 23.0 Å². The van der Waals surface area contributed by atoms with Gasteiger partial charge in [0, 0.05) is 18.7 Å². The molecule has 3 aromatic rings. The van der Waals surface area contributed by atoms with Crippen molar-refractivity contribution in [2.45, 2.75) is 39.7 Å². The number of hydrogen-bond donors (Lipinski definition) is 1. The molecule has 0 bridgehead atoms. The number of likely N-dealkylation sites (tertiary alicyclic amines) is 1. The predicted molar refractivity (Wildman–Crippen MR) is 143 cm³/mol. The first-order valence-corrected chi connectivity index (χ1v) is 13.4. The highest BCUT2D eigenvalue weighted by Crippen LogP contribution is 2.46. The van der Waals surface area contributed by atoms with Gasteiger partial charge >= 0.3 is 0 Å². The maximum absolute atomic E-state index is 14.0. The lowest BCUT2D eigenvalue weighted by atomic mass is 9.93. The van der Waals surface area contributed by atoms with E-state index in [-0.39, 0.29) is 17.9 Å². The average Bonchev–Trinajstić information content (AvgIpc) is 3.54. The number of carbonyl (C=O) groups is 2. The maximum Gasteiger partial charge on any atom is 0.274 e. The fourth-order valence-electron chi connectivity index (χ4n) is 5.99. The van der Waals surface area contributed by atoms with E-state index >= 15 is 0 Å². The highest BCUT2D eigenvalue weighted by molar-refractivity contribution is 7.15. The lowest BCUT2D eigenvalue weighted by molar-refractivity contribution is 0.0692. The molecule has 0 radical (unpaired) electrons. The quantitative estimate of drug-likeness (QED) is 0.492. The van der Waals surface area contributed by atoms with Crippen LogP contribution in [0.15, 0.2) is 48.5 Å². The molecule has 1 saturated heterocycles. The van der Waals surface area contributed by atoms with Gasteiger partial charge in [0.2, 0.25) is 0 Å². The molecule has 1 N–H and O–H groups in total. The summed E-state index contributed by atoms with van der Waals surface area (Å²) < 4.78 is 5.27. The molecule has 7 heteroatoms. The van der Waals surface area contributed by atoms with Gasteiger partial charge in [-0.05, 0) is 68.2 Å². The summed E-state index contributed by atoms with van der Waals surface area (Å²) in [7, 11) is 1.59. The summed E-state index contributed by atoms with van der Waals surface area (Å²) in [6.07, 6.45) is 2.20. The van der Waals surface area contributed by atoms with E-state index in [0.717, 1.165) is 40.4 Å². The molecule has 6 nitrogen and oxygen atoms in total. The van der Waals surface area contributed by atoms with Crippen molar-refractivity contribution in [2.24, 2.45) is 17.8 Å². The van der Waals surface area contributed by atoms with Crippen molar-refractivity contribution in [3.63, 3.8) is 0 Å². The van der Waals surface area contributed by atoms with Gasteiger partial charge in [-0.25, -0.2) is 4.98 Å². The van der Waals surface area contributed by atoms with Gasteiger partial charge in [0.1, 0.15) is 11.4 Å². The first kappa shape index (κ1) is 24.5. The van der Waals surface area contributed by atoms with Gasteiger partial charge in [0.25, 0.3) is 11.8 Å². The van der Waals surface area contributed by atoms with Gasteiger partial charge in [-0.3, -0.25) is 9.59 Å². The van der Waals surface area contributed by atoms with Gasteiger partial charge in [-0.2, -0.15) is 0 Å². The molecule has 2 amide bonds. The number of thiazole rings is 1. The van der Waals surface area contributed by atoms with Crippen molar-refractivity contribution in [3.05, 3.63) is 70.4 Å². The number of carbonyl (C=O) groups excluding carboxylic acids is 2. The van der Waals surface area contributed by atoms with Crippen molar-refractivity contribution in [1.82, 2.24) is 15.2 Å². The number of rotatable bonds is 6. The van der Waals surface area contributed by atoms with Crippen LogP contribution >= 0.6 is 11.3 Å². The van der Waals surface area contributed by atoms with E-state index in [1.165, 1.54) is 0 Å². The highest BCUT2D eigenvalue weighted by atomic mass is 32.1. The molecule has 2 aromatic carbocycles. The average molecular weight is 504 g/mol. The summed E-state index contributed by atoms with van der Waals surface area (Å²) in [5.74, 6) is 1.95. The van der Waals surface area contributed by atoms with Crippen LogP contribution in [0.2, 0.25) is 0 Å². The van der Waals surface area contributed by atoms with Gasteiger partial charge < -0.3 is 15.0 Å². The van der Waals surface area contributed by atoms with Crippen LogP contribution in [0.5, 0.6) is 5.75 Å². The molecular formula is C29H33N3O3S. The number of ether oxygens (including phenoxy) is 1. The third-order valence-electron chi connectivity index (χ3n) is 7.59. The van der Waals surface area contributed by atoms with E-state index in [0.29, 0.717) is 41.3 Å². The number of nitrogens with one attached hydrogen (secondary N) is 1. The lowest BCUT2D eigenvalue weighted by Gasteiger charge is -2.28. The van der Waals surface area contributed by atoms with E-state index in [9.17, 15) is 9.59 Å². The number of benzene rings is 2. The van der Waals surface area contributed by atoms with Crippen LogP contribution in [0, 0.1) is 31.6 Å². The zero-order chi connectivity index (χ0) is 25.4. The van der Waals surface area contributed by atoms with E-state index in [4.69, 9.17) is 9.72 Å². The molecule has 1 aromatic heterocycles. The SMILES string of the molecule is COc1cccc(C(=O)NC[C@@H]2[C@H]3CC(C)CC3CN2C(=O)c2nc(C)sc2-c2cccc(C)c2)c1. The minimum Gasteiger partial charge on any atom is -0.497 e. The third-order valence-corrected chi connectivity index (χ3v) is 8.61. The van der Waals surface area contributed by atoms with Crippen molar-refractivity contribution < 1.29 is 14.3 Å². The van der Waals surface area contributed by atoms with Crippen LogP contribution in [0.1, 0.15) is 51.2 Å². The van der Waals surface area contributed by atoms with Crippen LogP contribution in [0.3, 0.4) is 0 Å². The van der Waals surface area contributed by atoms with Crippen LogP contribution < -0.4 is 10.1 Å². The van der Waals surface area contributed by atoms with E-state index in [2.05, 4.69) is 31.3 Å². The summed E-state index contributed by atoms with van der Waals surface area (Å²) in [6, 6.07) is 15.3. The Hall–Kier alpha value is -3.19. The molecule has 5 rings (SSSR count). The van der Waals surface area contributed by atoms with Crippen molar-refractivity contribution in [1.29, 1.82) is 0 Å². The Kier molecular flexibility index (Phi) is 6.84. The molecule has 2 heterocycles.